The SMILES string of the molecule is CC[C@H]1C(=O)N[C@H]1CCc1ccccc1. The van der Waals surface area contributed by atoms with Crippen LogP contribution in [0.1, 0.15) is 25.3 Å². The van der Waals surface area contributed by atoms with Gasteiger partial charge >= 0.3 is 0 Å². The van der Waals surface area contributed by atoms with Crippen LogP contribution in [-0.2, 0) is 11.2 Å². The van der Waals surface area contributed by atoms with Crippen LogP contribution >= 0.6 is 0 Å². The van der Waals surface area contributed by atoms with Crippen molar-refractivity contribution in [3.05, 3.63) is 35.9 Å². The Morgan fingerprint density at radius 2 is 2.00 bits per heavy atom. The van der Waals surface area contributed by atoms with Crippen LogP contribution in [0.2, 0.25) is 0 Å². The van der Waals surface area contributed by atoms with Crippen molar-refractivity contribution in [1.82, 2.24) is 5.32 Å². The summed E-state index contributed by atoms with van der Waals surface area (Å²) in [5.41, 5.74) is 1.36. The summed E-state index contributed by atoms with van der Waals surface area (Å²) in [6.45, 7) is 2.08. The molecule has 1 amide bonds. The molecule has 1 saturated heterocycles. The van der Waals surface area contributed by atoms with Gasteiger partial charge in [0, 0.05) is 6.04 Å². The van der Waals surface area contributed by atoms with E-state index in [0.717, 1.165) is 19.3 Å². The van der Waals surface area contributed by atoms with E-state index in [1.807, 2.05) is 6.07 Å². The minimum Gasteiger partial charge on any atom is -0.352 e. The molecule has 1 aliphatic rings. The lowest BCUT2D eigenvalue weighted by Crippen LogP contribution is -2.57. The Hall–Kier alpha value is -1.31. The van der Waals surface area contributed by atoms with Crippen LogP contribution in [0.25, 0.3) is 0 Å². The fourth-order valence-electron chi connectivity index (χ4n) is 2.19. The monoisotopic (exact) mass is 203 g/mol. The van der Waals surface area contributed by atoms with Crippen molar-refractivity contribution in [3.63, 3.8) is 0 Å². The van der Waals surface area contributed by atoms with Gasteiger partial charge in [-0.25, -0.2) is 0 Å². The summed E-state index contributed by atoms with van der Waals surface area (Å²) in [6, 6.07) is 10.8. The van der Waals surface area contributed by atoms with Crippen LogP contribution in [0, 0.1) is 5.92 Å². The molecule has 0 spiro atoms. The molecule has 0 aromatic heterocycles. The molecular formula is C13H17NO. The van der Waals surface area contributed by atoms with E-state index in [4.69, 9.17) is 0 Å². The molecule has 2 nitrogen and oxygen atoms in total. The number of rotatable bonds is 4. The zero-order chi connectivity index (χ0) is 10.7. The lowest BCUT2D eigenvalue weighted by Gasteiger charge is -2.36. The third-order valence-electron chi connectivity index (χ3n) is 3.18. The Morgan fingerprint density at radius 1 is 1.27 bits per heavy atom. The molecule has 15 heavy (non-hydrogen) atoms. The molecule has 2 atom stereocenters. The van der Waals surface area contributed by atoms with Gasteiger partial charge in [-0.1, -0.05) is 37.3 Å². The molecule has 0 unspecified atom stereocenters. The second-order valence-corrected chi connectivity index (χ2v) is 4.15. The Bertz CT molecular complexity index is 334. The number of amides is 1. The quantitative estimate of drug-likeness (QED) is 0.746. The molecule has 0 saturated carbocycles. The average Bonchev–Trinajstić information content (AvgIpc) is 2.26. The summed E-state index contributed by atoms with van der Waals surface area (Å²) in [5.74, 6) is 0.490. The minimum absolute atomic E-state index is 0.232. The van der Waals surface area contributed by atoms with E-state index in [1.165, 1.54) is 5.56 Å². The fraction of sp³-hybridized carbons (Fsp3) is 0.462. The van der Waals surface area contributed by atoms with Gasteiger partial charge in [0.25, 0.3) is 0 Å². The standard InChI is InChI=1S/C13H17NO/c1-2-11-12(14-13(11)15)9-8-10-6-4-3-5-7-10/h3-7,11-12H,2,8-9H2,1H3,(H,14,15)/t11-,12+/m1/s1. The van der Waals surface area contributed by atoms with E-state index >= 15 is 0 Å². The molecule has 1 aromatic carbocycles. The summed E-state index contributed by atoms with van der Waals surface area (Å²) >= 11 is 0. The molecule has 2 heteroatoms. The largest absolute Gasteiger partial charge is 0.352 e. The van der Waals surface area contributed by atoms with Crippen LogP contribution in [-0.4, -0.2) is 11.9 Å². The van der Waals surface area contributed by atoms with Gasteiger partial charge < -0.3 is 5.32 Å². The van der Waals surface area contributed by atoms with Crippen LogP contribution < -0.4 is 5.32 Å². The predicted molar refractivity (Wildman–Crippen MR) is 60.5 cm³/mol. The highest BCUT2D eigenvalue weighted by Crippen LogP contribution is 2.22. The van der Waals surface area contributed by atoms with E-state index < -0.39 is 0 Å². The zero-order valence-corrected chi connectivity index (χ0v) is 9.07. The summed E-state index contributed by atoms with van der Waals surface area (Å²) in [5, 5.41) is 2.98. The second kappa shape index (κ2) is 4.47. The van der Waals surface area contributed by atoms with E-state index in [0.29, 0.717) is 6.04 Å². The van der Waals surface area contributed by atoms with Crippen molar-refractivity contribution in [3.8, 4) is 0 Å². The molecule has 0 aliphatic carbocycles. The van der Waals surface area contributed by atoms with Crippen molar-refractivity contribution in [2.24, 2.45) is 5.92 Å². The first-order chi connectivity index (χ1) is 7.31. The van der Waals surface area contributed by atoms with Gasteiger partial charge in [-0.15, -0.1) is 0 Å². The number of hydrogen-bond donors (Lipinski definition) is 1. The Balaban J connectivity index is 1.82. The van der Waals surface area contributed by atoms with Gasteiger partial charge in [0.05, 0.1) is 5.92 Å². The van der Waals surface area contributed by atoms with Gasteiger partial charge in [0.15, 0.2) is 0 Å². The number of hydrogen-bond acceptors (Lipinski definition) is 1. The maximum atomic E-state index is 11.2. The zero-order valence-electron chi connectivity index (χ0n) is 9.07. The first-order valence-corrected chi connectivity index (χ1v) is 5.65. The molecule has 1 fully saturated rings. The highest BCUT2D eigenvalue weighted by Gasteiger charge is 2.36. The molecule has 2 rings (SSSR count). The smallest absolute Gasteiger partial charge is 0.225 e. The molecule has 0 radical (unpaired) electrons. The number of β-lactam (4-membered cyclic amide) rings is 1. The lowest BCUT2D eigenvalue weighted by molar-refractivity contribution is -0.135. The number of benzene rings is 1. The highest BCUT2D eigenvalue weighted by atomic mass is 16.2. The molecule has 1 aliphatic heterocycles. The molecule has 1 heterocycles. The molecule has 1 N–H and O–H groups in total. The van der Waals surface area contributed by atoms with Crippen molar-refractivity contribution >= 4 is 5.91 Å². The summed E-state index contributed by atoms with van der Waals surface area (Å²) in [7, 11) is 0. The summed E-state index contributed by atoms with van der Waals surface area (Å²) in [6.07, 6.45) is 3.09. The molecular weight excluding hydrogens is 186 g/mol. The number of nitrogens with one attached hydrogen (secondary N) is 1. The van der Waals surface area contributed by atoms with Crippen molar-refractivity contribution in [2.45, 2.75) is 32.2 Å². The third kappa shape index (κ3) is 2.20. The van der Waals surface area contributed by atoms with Gasteiger partial charge in [-0.05, 0) is 24.8 Å². The van der Waals surface area contributed by atoms with Crippen molar-refractivity contribution < 1.29 is 4.79 Å². The van der Waals surface area contributed by atoms with Gasteiger partial charge in [-0.3, -0.25) is 4.79 Å². The average molecular weight is 203 g/mol. The maximum Gasteiger partial charge on any atom is 0.225 e. The topological polar surface area (TPSA) is 29.1 Å². The van der Waals surface area contributed by atoms with Crippen LogP contribution in [0.4, 0.5) is 0 Å². The molecule has 80 valence electrons. The predicted octanol–water partition coefficient (Wildman–Crippen LogP) is 2.14. The summed E-state index contributed by atoms with van der Waals surface area (Å²) in [4.78, 5) is 11.2. The van der Waals surface area contributed by atoms with Crippen LogP contribution in [0.15, 0.2) is 30.3 Å². The van der Waals surface area contributed by atoms with Crippen molar-refractivity contribution in [1.29, 1.82) is 0 Å². The molecule has 0 bridgehead atoms. The van der Waals surface area contributed by atoms with E-state index in [1.54, 1.807) is 0 Å². The van der Waals surface area contributed by atoms with Crippen LogP contribution in [0.5, 0.6) is 0 Å². The van der Waals surface area contributed by atoms with Crippen molar-refractivity contribution in [2.75, 3.05) is 0 Å². The number of aryl methyl sites for hydroxylation is 1. The maximum absolute atomic E-state index is 11.2. The lowest BCUT2D eigenvalue weighted by atomic mass is 9.84. The van der Waals surface area contributed by atoms with Gasteiger partial charge in [-0.2, -0.15) is 0 Å². The number of carbonyl (C=O) groups is 1. The Labute approximate surface area is 90.7 Å². The number of carbonyl (C=O) groups excluding carboxylic acids is 1. The van der Waals surface area contributed by atoms with Gasteiger partial charge in [0.1, 0.15) is 0 Å². The second-order valence-electron chi connectivity index (χ2n) is 4.15. The normalized spacial score (nSPS) is 24.5. The highest BCUT2D eigenvalue weighted by molar-refractivity contribution is 5.85. The van der Waals surface area contributed by atoms with Crippen LogP contribution in [0.3, 0.4) is 0 Å². The first-order valence-electron chi connectivity index (χ1n) is 5.65. The van der Waals surface area contributed by atoms with E-state index in [2.05, 4.69) is 36.5 Å². The Kier molecular flexibility index (Phi) is 3.05. The summed E-state index contributed by atoms with van der Waals surface area (Å²) < 4.78 is 0. The van der Waals surface area contributed by atoms with E-state index in [9.17, 15) is 4.79 Å². The van der Waals surface area contributed by atoms with E-state index in [-0.39, 0.29) is 11.8 Å². The molecule has 1 aromatic rings. The third-order valence-corrected chi connectivity index (χ3v) is 3.18. The Morgan fingerprint density at radius 3 is 2.60 bits per heavy atom. The van der Waals surface area contributed by atoms with Gasteiger partial charge in [0.2, 0.25) is 5.91 Å². The minimum atomic E-state index is 0.232. The first kappa shape index (κ1) is 10.2. The fourth-order valence-corrected chi connectivity index (χ4v) is 2.19.